The van der Waals surface area contributed by atoms with Crippen molar-refractivity contribution in [2.45, 2.75) is 31.7 Å². The third-order valence-electron chi connectivity index (χ3n) is 4.27. The van der Waals surface area contributed by atoms with E-state index in [9.17, 15) is 9.59 Å². The zero-order valence-electron chi connectivity index (χ0n) is 13.8. The van der Waals surface area contributed by atoms with Gasteiger partial charge >= 0.3 is 6.03 Å². The highest BCUT2D eigenvalue weighted by molar-refractivity contribution is 6.18. The van der Waals surface area contributed by atoms with Crippen LogP contribution in [0.15, 0.2) is 24.3 Å². The van der Waals surface area contributed by atoms with Crippen LogP contribution in [-0.4, -0.2) is 42.3 Å². The van der Waals surface area contributed by atoms with Crippen LogP contribution in [0, 0.1) is 0 Å². The Morgan fingerprint density at radius 3 is 2.21 bits per heavy atom. The Morgan fingerprint density at radius 1 is 1.08 bits per heavy atom. The number of amides is 3. The Hall–Kier alpha value is -1.46. The molecule has 0 unspecified atom stereocenters. The first-order valence-electron chi connectivity index (χ1n) is 8.08. The quantitative estimate of drug-likeness (QED) is 0.518. The number of urea groups is 1. The van der Waals surface area contributed by atoms with Gasteiger partial charge in [-0.1, -0.05) is 12.1 Å². The second kappa shape index (κ2) is 8.58. The van der Waals surface area contributed by atoms with Gasteiger partial charge in [-0.2, -0.15) is 0 Å². The number of hydrogen-bond donors (Lipinski definition) is 2. The molecule has 5 nitrogen and oxygen atoms in total. The second-order valence-electron chi connectivity index (χ2n) is 6.13. The molecule has 1 aromatic rings. The van der Waals surface area contributed by atoms with Crippen LogP contribution in [-0.2, 0) is 11.2 Å². The van der Waals surface area contributed by atoms with Gasteiger partial charge in [-0.05, 0) is 43.9 Å². The molecule has 1 saturated heterocycles. The number of benzene rings is 1. The van der Waals surface area contributed by atoms with Crippen molar-refractivity contribution in [3.05, 3.63) is 29.8 Å². The topological polar surface area (TPSA) is 61.4 Å². The maximum Gasteiger partial charge on any atom is 0.322 e. The number of aryl methyl sites for hydroxylation is 1. The number of alkyl halides is 2. The highest BCUT2D eigenvalue weighted by atomic mass is 35.5. The summed E-state index contributed by atoms with van der Waals surface area (Å²) in [5.74, 6) is 0.872. The molecule has 1 aromatic carbocycles. The summed E-state index contributed by atoms with van der Waals surface area (Å²) in [6, 6.07) is 7.90. The largest absolute Gasteiger partial charge is 0.369 e. The van der Waals surface area contributed by atoms with E-state index in [4.69, 9.17) is 23.2 Å². The number of halogens is 2. The number of imide groups is 1. The highest BCUT2D eigenvalue weighted by Crippen LogP contribution is 2.20. The monoisotopic (exact) mass is 371 g/mol. The van der Waals surface area contributed by atoms with Gasteiger partial charge in [0.05, 0.1) is 0 Å². The summed E-state index contributed by atoms with van der Waals surface area (Å²) in [5, 5.41) is 4.97. The van der Waals surface area contributed by atoms with Gasteiger partial charge in [-0.3, -0.25) is 10.1 Å². The van der Waals surface area contributed by atoms with Crippen molar-refractivity contribution in [1.29, 1.82) is 0 Å². The van der Waals surface area contributed by atoms with E-state index < -0.39 is 11.6 Å². The van der Waals surface area contributed by atoms with E-state index in [1.165, 1.54) is 5.56 Å². The van der Waals surface area contributed by atoms with Crippen LogP contribution in [0.5, 0.6) is 0 Å². The third kappa shape index (κ3) is 4.77. The fourth-order valence-electron chi connectivity index (χ4n) is 2.85. The number of nitrogens with one attached hydrogen (secondary N) is 2. The summed E-state index contributed by atoms with van der Waals surface area (Å²) >= 11 is 11.7. The minimum atomic E-state index is -0.797. The van der Waals surface area contributed by atoms with Gasteiger partial charge in [-0.25, -0.2) is 4.79 Å². The lowest BCUT2D eigenvalue weighted by atomic mass is 9.94. The average molecular weight is 372 g/mol. The van der Waals surface area contributed by atoms with E-state index >= 15 is 0 Å². The SMILES string of the molecule is C[C@]1(CCCc2ccc(N(CCCl)CCCl)cc2)NC(=O)NC1=O. The molecule has 1 heterocycles. The maximum absolute atomic E-state index is 11.8. The van der Waals surface area contributed by atoms with Gasteiger partial charge in [-0.15, -0.1) is 23.2 Å². The summed E-state index contributed by atoms with van der Waals surface area (Å²) in [5.41, 5.74) is 1.51. The maximum atomic E-state index is 11.8. The van der Waals surface area contributed by atoms with E-state index in [-0.39, 0.29) is 5.91 Å². The molecular formula is C17H23Cl2N3O2. The lowest BCUT2D eigenvalue weighted by Gasteiger charge is -2.23. The number of carbonyl (C=O) groups is 2. The average Bonchev–Trinajstić information content (AvgIpc) is 2.80. The van der Waals surface area contributed by atoms with Crippen LogP contribution in [0.25, 0.3) is 0 Å². The first kappa shape index (κ1) is 18.9. The van der Waals surface area contributed by atoms with Crippen molar-refractivity contribution in [2.24, 2.45) is 0 Å². The molecule has 132 valence electrons. The molecular weight excluding hydrogens is 349 g/mol. The van der Waals surface area contributed by atoms with Crippen LogP contribution in [0.2, 0.25) is 0 Å². The first-order valence-corrected chi connectivity index (χ1v) is 9.15. The molecule has 0 radical (unpaired) electrons. The molecule has 0 saturated carbocycles. The molecule has 2 N–H and O–H groups in total. The zero-order valence-corrected chi connectivity index (χ0v) is 15.3. The Bertz CT molecular complexity index is 574. The van der Waals surface area contributed by atoms with Crippen molar-refractivity contribution in [2.75, 3.05) is 29.7 Å². The highest BCUT2D eigenvalue weighted by Gasteiger charge is 2.40. The van der Waals surface area contributed by atoms with E-state index in [2.05, 4.69) is 39.8 Å². The molecule has 1 aliphatic rings. The Morgan fingerprint density at radius 2 is 1.71 bits per heavy atom. The Balaban J connectivity index is 1.88. The molecule has 1 aliphatic heterocycles. The molecule has 1 atom stereocenters. The summed E-state index contributed by atoms with van der Waals surface area (Å²) in [6.45, 7) is 3.29. The standard InChI is InChI=1S/C17H23Cl2N3O2/c1-17(15(23)20-16(24)21-17)8-2-3-13-4-6-14(7-5-13)22(11-9-18)12-10-19/h4-7H,2-3,8-12H2,1H3,(H2,20,21,23,24)/t17-/m1/s1. The molecule has 2 rings (SSSR count). The lowest BCUT2D eigenvalue weighted by molar-refractivity contribution is -0.123. The molecule has 0 bridgehead atoms. The molecule has 7 heteroatoms. The summed E-state index contributed by atoms with van der Waals surface area (Å²) in [4.78, 5) is 25.2. The van der Waals surface area contributed by atoms with Crippen molar-refractivity contribution >= 4 is 40.8 Å². The van der Waals surface area contributed by atoms with E-state index in [0.29, 0.717) is 18.2 Å². The number of anilines is 1. The smallest absolute Gasteiger partial charge is 0.322 e. The van der Waals surface area contributed by atoms with E-state index in [1.807, 2.05) is 0 Å². The molecule has 3 amide bonds. The van der Waals surface area contributed by atoms with Crippen molar-refractivity contribution in [3.8, 4) is 0 Å². The van der Waals surface area contributed by atoms with Crippen molar-refractivity contribution in [3.63, 3.8) is 0 Å². The fraction of sp³-hybridized carbons (Fsp3) is 0.529. The molecule has 1 fully saturated rings. The van der Waals surface area contributed by atoms with Gasteiger partial charge in [0.25, 0.3) is 5.91 Å². The van der Waals surface area contributed by atoms with Crippen LogP contribution >= 0.6 is 23.2 Å². The summed E-state index contributed by atoms with van der Waals surface area (Å²) < 4.78 is 0. The lowest BCUT2D eigenvalue weighted by Crippen LogP contribution is -2.43. The van der Waals surface area contributed by atoms with Gasteiger partial charge in [0.15, 0.2) is 0 Å². The second-order valence-corrected chi connectivity index (χ2v) is 6.88. The van der Waals surface area contributed by atoms with Gasteiger partial charge < -0.3 is 10.2 Å². The predicted molar refractivity (Wildman–Crippen MR) is 98.1 cm³/mol. The van der Waals surface area contributed by atoms with Crippen molar-refractivity contribution in [1.82, 2.24) is 10.6 Å². The van der Waals surface area contributed by atoms with Crippen LogP contribution in [0.3, 0.4) is 0 Å². The molecule has 24 heavy (non-hydrogen) atoms. The fourth-order valence-corrected chi connectivity index (χ4v) is 3.26. The van der Waals surface area contributed by atoms with Gasteiger partial charge in [0, 0.05) is 30.5 Å². The number of rotatable bonds is 9. The normalized spacial score (nSPS) is 20.0. The van der Waals surface area contributed by atoms with Gasteiger partial charge in [0.1, 0.15) is 5.54 Å². The zero-order chi connectivity index (χ0) is 17.6. The van der Waals surface area contributed by atoms with Crippen LogP contribution in [0.4, 0.5) is 10.5 Å². The predicted octanol–water partition coefficient (Wildman–Crippen LogP) is 2.89. The van der Waals surface area contributed by atoms with E-state index in [0.717, 1.165) is 31.6 Å². The summed E-state index contributed by atoms with van der Waals surface area (Å²) in [6.07, 6.45) is 2.28. The Labute approximate surface area is 152 Å². The third-order valence-corrected chi connectivity index (χ3v) is 4.61. The minimum Gasteiger partial charge on any atom is -0.369 e. The molecule has 0 aromatic heterocycles. The summed E-state index contributed by atoms with van der Waals surface area (Å²) in [7, 11) is 0. The minimum absolute atomic E-state index is 0.249. The number of hydrogen-bond acceptors (Lipinski definition) is 3. The first-order chi connectivity index (χ1) is 11.5. The van der Waals surface area contributed by atoms with E-state index in [1.54, 1.807) is 6.92 Å². The Kier molecular flexibility index (Phi) is 6.75. The number of carbonyl (C=O) groups excluding carboxylic acids is 2. The van der Waals surface area contributed by atoms with Gasteiger partial charge in [0.2, 0.25) is 0 Å². The molecule has 0 spiro atoms. The van der Waals surface area contributed by atoms with Crippen LogP contribution in [0.1, 0.15) is 25.3 Å². The molecule has 0 aliphatic carbocycles. The van der Waals surface area contributed by atoms with Crippen LogP contribution < -0.4 is 15.5 Å². The van der Waals surface area contributed by atoms with Crippen molar-refractivity contribution < 1.29 is 9.59 Å². The number of nitrogens with zero attached hydrogens (tertiary/aromatic N) is 1.